The zero-order valence-corrected chi connectivity index (χ0v) is 12.2. The lowest BCUT2D eigenvalue weighted by molar-refractivity contribution is -0.142. The molecule has 1 rings (SSSR count). The van der Waals surface area contributed by atoms with Gasteiger partial charge in [-0.1, -0.05) is 13.0 Å². The standard InChI is InChI=1S/C12H18N2O5S/c1-3-7-13-20(16,17)14-10-5-4-6-11(8-10)19-9-12(15)18-2/h4-6,8,13-14H,3,7,9H2,1-2H3. The van der Waals surface area contributed by atoms with Gasteiger partial charge in [0.25, 0.3) is 10.2 Å². The summed E-state index contributed by atoms with van der Waals surface area (Å²) in [6, 6.07) is 6.29. The Hall–Kier alpha value is -1.80. The van der Waals surface area contributed by atoms with Crippen LogP contribution in [0.15, 0.2) is 24.3 Å². The third kappa shape index (κ3) is 5.89. The number of carbonyl (C=O) groups is 1. The maximum absolute atomic E-state index is 11.6. The first-order valence-electron chi connectivity index (χ1n) is 6.04. The SMILES string of the molecule is CCCNS(=O)(=O)Nc1cccc(OCC(=O)OC)c1. The van der Waals surface area contributed by atoms with Crippen LogP contribution in [0.1, 0.15) is 13.3 Å². The van der Waals surface area contributed by atoms with Crippen molar-refractivity contribution in [3.63, 3.8) is 0 Å². The molecule has 7 nitrogen and oxygen atoms in total. The minimum Gasteiger partial charge on any atom is -0.482 e. The Morgan fingerprint density at radius 3 is 2.75 bits per heavy atom. The number of methoxy groups -OCH3 is 1. The van der Waals surface area contributed by atoms with Crippen molar-refractivity contribution in [1.82, 2.24) is 4.72 Å². The van der Waals surface area contributed by atoms with E-state index >= 15 is 0 Å². The Labute approximate surface area is 118 Å². The molecular weight excluding hydrogens is 284 g/mol. The van der Waals surface area contributed by atoms with Gasteiger partial charge in [-0.2, -0.15) is 13.1 Å². The van der Waals surface area contributed by atoms with Crippen LogP contribution in [-0.4, -0.2) is 34.6 Å². The van der Waals surface area contributed by atoms with E-state index in [1.54, 1.807) is 18.2 Å². The van der Waals surface area contributed by atoms with E-state index in [4.69, 9.17) is 4.74 Å². The molecule has 0 heterocycles. The van der Waals surface area contributed by atoms with Crippen molar-refractivity contribution in [2.45, 2.75) is 13.3 Å². The fourth-order valence-corrected chi connectivity index (χ4v) is 2.26. The monoisotopic (exact) mass is 302 g/mol. The summed E-state index contributed by atoms with van der Waals surface area (Å²) in [5.41, 5.74) is 0.343. The summed E-state index contributed by atoms with van der Waals surface area (Å²) < 4.78 is 37.6. The molecule has 0 atom stereocenters. The van der Waals surface area contributed by atoms with Gasteiger partial charge < -0.3 is 9.47 Å². The lowest BCUT2D eigenvalue weighted by atomic mass is 10.3. The maximum Gasteiger partial charge on any atom is 0.343 e. The Balaban J connectivity index is 2.66. The third-order valence-electron chi connectivity index (χ3n) is 2.21. The van der Waals surface area contributed by atoms with Gasteiger partial charge in [-0.3, -0.25) is 4.72 Å². The second-order valence-electron chi connectivity index (χ2n) is 3.89. The molecule has 0 radical (unpaired) electrons. The van der Waals surface area contributed by atoms with Crippen LogP contribution in [0, 0.1) is 0 Å². The first-order valence-corrected chi connectivity index (χ1v) is 7.52. The molecule has 0 aliphatic heterocycles. The Kier molecular flexibility index (Phi) is 6.26. The van der Waals surface area contributed by atoms with Crippen LogP contribution in [0.2, 0.25) is 0 Å². The van der Waals surface area contributed by atoms with Gasteiger partial charge in [0.15, 0.2) is 6.61 Å². The summed E-state index contributed by atoms with van der Waals surface area (Å²) in [7, 11) is -2.34. The van der Waals surface area contributed by atoms with Gasteiger partial charge in [0.1, 0.15) is 5.75 Å². The van der Waals surface area contributed by atoms with Crippen LogP contribution in [0.3, 0.4) is 0 Å². The number of esters is 1. The Bertz CT molecular complexity index is 545. The molecule has 0 saturated carbocycles. The highest BCUT2D eigenvalue weighted by Crippen LogP contribution is 2.18. The molecule has 20 heavy (non-hydrogen) atoms. The van der Waals surface area contributed by atoms with Crippen molar-refractivity contribution in [2.75, 3.05) is 25.0 Å². The van der Waals surface area contributed by atoms with Crippen LogP contribution in [0.5, 0.6) is 5.75 Å². The van der Waals surface area contributed by atoms with E-state index in [0.717, 1.165) is 0 Å². The van der Waals surface area contributed by atoms with E-state index < -0.39 is 16.2 Å². The largest absolute Gasteiger partial charge is 0.482 e. The first kappa shape index (κ1) is 16.3. The summed E-state index contributed by atoms with van der Waals surface area (Å²) in [6.07, 6.45) is 0.698. The van der Waals surface area contributed by atoms with Gasteiger partial charge in [-0.25, -0.2) is 4.79 Å². The number of benzene rings is 1. The summed E-state index contributed by atoms with van der Waals surface area (Å²) in [4.78, 5) is 10.9. The average Bonchev–Trinajstić information content (AvgIpc) is 2.42. The minimum atomic E-state index is -3.60. The Morgan fingerprint density at radius 2 is 2.10 bits per heavy atom. The van der Waals surface area contributed by atoms with Gasteiger partial charge in [-0.05, 0) is 18.6 Å². The number of nitrogens with one attached hydrogen (secondary N) is 2. The number of carbonyl (C=O) groups excluding carboxylic acids is 1. The molecule has 0 spiro atoms. The molecule has 0 amide bonds. The van der Waals surface area contributed by atoms with E-state index in [-0.39, 0.29) is 6.61 Å². The highest BCUT2D eigenvalue weighted by molar-refractivity contribution is 7.90. The molecule has 0 unspecified atom stereocenters. The predicted molar refractivity (Wildman–Crippen MR) is 74.8 cm³/mol. The van der Waals surface area contributed by atoms with Gasteiger partial charge in [0.05, 0.1) is 12.8 Å². The van der Waals surface area contributed by atoms with Crippen LogP contribution in [-0.2, 0) is 19.7 Å². The molecule has 0 aromatic heterocycles. The molecule has 0 aliphatic rings. The van der Waals surface area contributed by atoms with Gasteiger partial charge in [0.2, 0.25) is 0 Å². The smallest absolute Gasteiger partial charge is 0.343 e. The average molecular weight is 302 g/mol. The van der Waals surface area contributed by atoms with Crippen LogP contribution < -0.4 is 14.2 Å². The zero-order valence-electron chi connectivity index (χ0n) is 11.4. The van der Waals surface area contributed by atoms with Crippen molar-refractivity contribution >= 4 is 21.9 Å². The Morgan fingerprint density at radius 1 is 1.35 bits per heavy atom. The van der Waals surface area contributed by atoms with E-state index in [0.29, 0.717) is 24.4 Å². The minimum absolute atomic E-state index is 0.235. The lowest BCUT2D eigenvalue weighted by Crippen LogP contribution is -2.30. The molecule has 0 saturated heterocycles. The lowest BCUT2D eigenvalue weighted by Gasteiger charge is -2.10. The number of ether oxygens (including phenoxy) is 2. The second kappa shape index (κ2) is 7.71. The third-order valence-corrected chi connectivity index (χ3v) is 3.30. The van der Waals surface area contributed by atoms with Crippen molar-refractivity contribution in [1.29, 1.82) is 0 Å². The molecule has 8 heteroatoms. The van der Waals surface area contributed by atoms with E-state index in [1.807, 2.05) is 6.92 Å². The van der Waals surface area contributed by atoms with E-state index in [2.05, 4.69) is 14.2 Å². The van der Waals surface area contributed by atoms with Crippen LogP contribution in [0.4, 0.5) is 5.69 Å². The molecule has 1 aromatic carbocycles. The summed E-state index contributed by atoms with van der Waals surface area (Å²) >= 11 is 0. The highest BCUT2D eigenvalue weighted by Gasteiger charge is 2.09. The number of hydrogen-bond acceptors (Lipinski definition) is 5. The fraction of sp³-hybridized carbons (Fsp3) is 0.417. The van der Waals surface area contributed by atoms with Crippen molar-refractivity contribution in [3.8, 4) is 5.75 Å². The molecule has 0 fully saturated rings. The topological polar surface area (TPSA) is 93.7 Å². The van der Waals surface area contributed by atoms with Gasteiger partial charge >= 0.3 is 5.97 Å². The molecule has 112 valence electrons. The van der Waals surface area contributed by atoms with Crippen molar-refractivity contribution < 1.29 is 22.7 Å². The molecular formula is C12H18N2O5S. The second-order valence-corrected chi connectivity index (χ2v) is 5.39. The summed E-state index contributed by atoms with van der Waals surface area (Å²) in [5.74, 6) is -0.147. The molecule has 1 aromatic rings. The number of hydrogen-bond donors (Lipinski definition) is 2. The van der Waals surface area contributed by atoms with Crippen molar-refractivity contribution in [3.05, 3.63) is 24.3 Å². The zero-order chi connectivity index (χ0) is 15.0. The highest BCUT2D eigenvalue weighted by atomic mass is 32.2. The summed E-state index contributed by atoms with van der Waals surface area (Å²) in [5, 5.41) is 0. The maximum atomic E-state index is 11.6. The van der Waals surface area contributed by atoms with Crippen molar-refractivity contribution in [2.24, 2.45) is 0 Å². The number of anilines is 1. The first-order chi connectivity index (χ1) is 9.46. The fourth-order valence-electron chi connectivity index (χ4n) is 1.28. The predicted octanol–water partition coefficient (Wildman–Crippen LogP) is 0.895. The van der Waals surface area contributed by atoms with Crippen LogP contribution >= 0.6 is 0 Å². The number of rotatable bonds is 8. The van der Waals surface area contributed by atoms with Crippen LogP contribution in [0.25, 0.3) is 0 Å². The van der Waals surface area contributed by atoms with E-state index in [9.17, 15) is 13.2 Å². The molecule has 2 N–H and O–H groups in total. The van der Waals surface area contributed by atoms with Gasteiger partial charge in [-0.15, -0.1) is 0 Å². The van der Waals surface area contributed by atoms with Gasteiger partial charge in [0, 0.05) is 12.6 Å². The normalized spacial score (nSPS) is 10.9. The quantitative estimate of drug-likeness (QED) is 0.696. The van der Waals surface area contributed by atoms with E-state index in [1.165, 1.54) is 13.2 Å². The molecule has 0 aliphatic carbocycles. The summed E-state index contributed by atoms with van der Waals surface area (Å²) in [6.45, 7) is 1.98. The molecule has 0 bridgehead atoms.